The van der Waals surface area contributed by atoms with Crippen molar-refractivity contribution in [1.29, 1.82) is 0 Å². The van der Waals surface area contributed by atoms with E-state index < -0.39 is 0 Å². The van der Waals surface area contributed by atoms with Gasteiger partial charge >= 0.3 is 0 Å². The van der Waals surface area contributed by atoms with Crippen LogP contribution in [0.3, 0.4) is 0 Å². The van der Waals surface area contributed by atoms with Gasteiger partial charge in [0, 0.05) is 5.56 Å². The summed E-state index contributed by atoms with van der Waals surface area (Å²) in [5.41, 5.74) is 7.50. The molecule has 4 heteroatoms. The van der Waals surface area contributed by atoms with Crippen LogP contribution in [0.5, 0.6) is 0 Å². The van der Waals surface area contributed by atoms with Crippen LogP contribution in [0.1, 0.15) is 28.3 Å². The van der Waals surface area contributed by atoms with E-state index in [1.54, 1.807) is 6.26 Å². The molecule has 3 nitrogen and oxygen atoms in total. The van der Waals surface area contributed by atoms with E-state index in [1.165, 1.54) is 16.7 Å². The van der Waals surface area contributed by atoms with Crippen LogP contribution in [-0.4, -0.2) is 0 Å². The van der Waals surface area contributed by atoms with E-state index >= 15 is 0 Å². The van der Waals surface area contributed by atoms with E-state index in [9.17, 15) is 0 Å². The number of benzene rings is 1. The third-order valence-electron chi connectivity index (χ3n) is 3.28. The summed E-state index contributed by atoms with van der Waals surface area (Å²) in [5.74, 6) is 5.63. The lowest BCUT2D eigenvalue weighted by Gasteiger charge is -2.18. The molecule has 18 heavy (non-hydrogen) atoms. The molecule has 0 aliphatic heterocycles. The van der Waals surface area contributed by atoms with Gasteiger partial charge in [-0.1, -0.05) is 18.2 Å². The molecule has 1 unspecified atom stereocenters. The van der Waals surface area contributed by atoms with E-state index in [0.717, 1.165) is 12.0 Å². The average Bonchev–Trinajstić information content (AvgIpc) is 2.76. The summed E-state index contributed by atoms with van der Waals surface area (Å²) in [6.07, 6.45) is 2.36. The minimum atomic E-state index is -0.0453. The van der Waals surface area contributed by atoms with Gasteiger partial charge in [0.25, 0.3) is 0 Å². The Hall–Kier alpha value is -1.29. The molecule has 0 radical (unpaired) electrons. The molecule has 0 aliphatic carbocycles. The first-order valence-corrected chi connectivity index (χ1v) is 6.25. The smallest absolute Gasteiger partial charge is 0.197 e. The van der Waals surface area contributed by atoms with Crippen LogP contribution >= 0.6 is 11.6 Å². The van der Waals surface area contributed by atoms with Gasteiger partial charge in [-0.05, 0) is 54.6 Å². The molecule has 0 saturated heterocycles. The Labute approximate surface area is 112 Å². The molecule has 2 aromatic rings. The fraction of sp³-hybridized carbons (Fsp3) is 0.286. The molecular formula is C14H17ClN2O. The van der Waals surface area contributed by atoms with E-state index in [1.807, 2.05) is 6.07 Å². The average molecular weight is 265 g/mol. The van der Waals surface area contributed by atoms with Crippen molar-refractivity contribution < 1.29 is 4.42 Å². The Bertz CT molecular complexity index is 516. The number of nitrogens with two attached hydrogens (primary N) is 1. The first-order chi connectivity index (χ1) is 8.63. The summed E-state index contributed by atoms with van der Waals surface area (Å²) >= 11 is 6.00. The summed E-state index contributed by atoms with van der Waals surface area (Å²) in [7, 11) is 0. The van der Waals surface area contributed by atoms with Gasteiger partial charge in [0.1, 0.15) is 0 Å². The molecule has 0 spiro atoms. The SMILES string of the molecule is Cc1cccc(C)c1CC(NN)c1ccoc1Cl. The maximum absolute atomic E-state index is 6.00. The number of hydrazine groups is 1. The van der Waals surface area contributed by atoms with Gasteiger partial charge in [-0.3, -0.25) is 11.3 Å². The third-order valence-corrected chi connectivity index (χ3v) is 3.58. The molecule has 1 aromatic carbocycles. The summed E-state index contributed by atoms with van der Waals surface area (Å²) in [5, 5.41) is 0.393. The summed E-state index contributed by atoms with van der Waals surface area (Å²) in [6.45, 7) is 4.21. The highest BCUT2D eigenvalue weighted by molar-refractivity contribution is 6.29. The Morgan fingerprint density at radius 1 is 1.28 bits per heavy atom. The number of halogens is 1. The monoisotopic (exact) mass is 264 g/mol. The second kappa shape index (κ2) is 5.57. The molecule has 96 valence electrons. The number of furan rings is 1. The lowest BCUT2D eigenvalue weighted by molar-refractivity contribution is 0.525. The zero-order valence-electron chi connectivity index (χ0n) is 10.5. The molecule has 0 saturated carbocycles. The normalized spacial score (nSPS) is 12.7. The summed E-state index contributed by atoms with van der Waals surface area (Å²) in [4.78, 5) is 0. The summed E-state index contributed by atoms with van der Waals surface area (Å²) < 4.78 is 5.12. The van der Waals surface area contributed by atoms with Crippen LogP contribution in [0.2, 0.25) is 5.22 Å². The minimum absolute atomic E-state index is 0.0453. The number of aryl methyl sites for hydroxylation is 2. The maximum Gasteiger partial charge on any atom is 0.197 e. The lowest BCUT2D eigenvalue weighted by atomic mass is 9.94. The van der Waals surface area contributed by atoms with E-state index in [-0.39, 0.29) is 6.04 Å². The Morgan fingerprint density at radius 3 is 2.44 bits per heavy atom. The number of nitrogens with one attached hydrogen (secondary N) is 1. The maximum atomic E-state index is 6.00. The van der Waals surface area contributed by atoms with Gasteiger partial charge in [0.05, 0.1) is 12.3 Å². The van der Waals surface area contributed by atoms with Gasteiger partial charge in [-0.25, -0.2) is 0 Å². The highest BCUT2D eigenvalue weighted by Crippen LogP contribution is 2.28. The van der Waals surface area contributed by atoms with Crippen LogP contribution in [0.4, 0.5) is 0 Å². The lowest BCUT2D eigenvalue weighted by Crippen LogP contribution is -2.29. The molecule has 0 fully saturated rings. The molecule has 1 aromatic heterocycles. The Balaban J connectivity index is 2.29. The van der Waals surface area contributed by atoms with Crippen molar-refractivity contribution in [3.8, 4) is 0 Å². The zero-order valence-corrected chi connectivity index (χ0v) is 11.3. The predicted molar refractivity (Wildman–Crippen MR) is 73.4 cm³/mol. The van der Waals surface area contributed by atoms with Crippen molar-refractivity contribution in [2.24, 2.45) is 5.84 Å². The van der Waals surface area contributed by atoms with Gasteiger partial charge < -0.3 is 4.42 Å². The highest BCUT2D eigenvalue weighted by atomic mass is 35.5. The van der Waals surface area contributed by atoms with Crippen LogP contribution < -0.4 is 11.3 Å². The predicted octanol–water partition coefficient (Wildman–Crippen LogP) is 3.30. The van der Waals surface area contributed by atoms with Crippen molar-refractivity contribution in [3.05, 3.63) is 58.0 Å². The van der Waals surface area contributed by atoms with Crippen LogP contribution in [0.25, 0.3) is 0 Å². The third kappa shape index (κ3) is 2.58. The van der Waals surface area contributed by atoms with Crippen LogP contribution in [0, 0.1) is 13.8 Å². The molecule has 2 rings (SSSR count). The van der Waals surface area contributed by atoms with Crippen molar-refractivity contribution in [1.82, 2.24) is 5.43 Å². The number of hydrogen-bond donors (Lipinski definition) is 2. The molecule has 0 bridgehead atoms. The molecule has 3 N–H and O–H groups in total. The topological polar surface area (TPSA) is 51.2 Å². The van der Waals surface area contributed by atoms with Crippen molar-refractivity contribution in [2.75, 3.05) is 0 Å². The minimum Gasteiger partial charge on any atom is -0.453 e. The van der Waals surface area contributed by atoms with Gasteiger partial charge in [0.15, 0.2) is 5.22 Å². The summed E-state index contributed by atoms with van der Waals surface area (Å²) in [6, 6.07) is 8.07. The second-order valence-electron chi connectivity index (χ2n) is 4.44. The van der Waals surface area contributed by atoms with Crippen molar-refractivity contribution in [3.63, 3.8) is 0 Å². The van der Waals surface area contributed by atoms with Crippen molar-refractivity contribution in [2.45, 2.75) is 26.3 Å². The second-order valence-corrected chi connectivity index (χ2v) is 4.79. The standard InChI is InChI=1S/C14H17ClN2O/c1-9-4-3-5-10(2)12(9)8-13(17-16)11-6-7-18-14(11)15/h3-7,13,17H,8,16H2,1-2H3. The number of rotatable bonds is 4. The van der Waals surface area contributed by atoms with E-state index in [0.29, 0.717) is 5.22 Å². The number of hydrogen-bond acceptors (Lipinski definition) is 3. The fourth-order valence-corrected chi connectivity index (χ4v) is 2.43. The van der Waals surface area contributed by atoms with Gasteiger partial charge in [0.2, 0.25) is 0 Å². The van der Waals surface area contributed by atoms with Gasteiger partial charge in [-0.15, -0.1) is 0 Å². The molecule has 1 heterocycles. The van der Waals surface area contributed by atoms with Gasteiger partial charge in [-0.2, -0.15) is 0 Å². The Kier molecular flexibility index (Phi) is 4.07. The van der Waals surface area contributed by atoms with Crippen molar-refractivity contribution >= 4 is 11.6 Å². The zero-order chi connectivity index (χ0) is 13.1. The van der Waals surface area contributed by atoms with E-state index in [4.69, 9.17) is 21.9 Å². The van der Waals surface area contributed by atoms with E-state index in [2.05, 4.69) is 37.5 Å². The first-order valence-electron chi connectivity index (χ1n) is 5.87. The molecule has 0 amide bonds. The largest absolute Gasteiger partial charge is 0.453 e. The first kappa shape index (κ1) is 13.1. The quantitative estimate of drug-likeness (QED) is 0.658. The van der Waals surface area contributed by atoms with Crippen LogP contribution in [0.15, 0.2) is 34.9 Å². The van der Waals surface area contributed by atoms with Crippen LogP contribution in [-0.2, 0) is 6.42 Å². The molecule has 1 atom stereocenters. The highest BCUT2D eigenvalue weighted by Gasteiger charge is 2.17. The fourth-order valence-electron chi connectivity index (χ4n) is 2.19. The Morgan fingerprint density at radius 2 is 1.94 bits per heavy atom. The molecule has 0 aliphatic rings. The molecular weight excluding hydrogens is 248 g/mol.